The minimum atomic E-state index is -0.890. The van der Waals surface area contributed by atoms with Crippen LogP contribution in [0.1, 0.15) is 10.4 Å². The van der Waals surface area contributed by atoms with Gasteiger partial charge in [-0.2, -0.15) is 0 Å². The smallest absolute Gasteiger partial charge is 0.304 e. The van der Waals surface area contributed by atoms with Crippen LogP contribution in [-0.4, -0.2) is 10.8 Å². The Balaban J connectivity index is 2.37. The number of nitrogens with one attached hydrogen (secondary N) is 1. The number of carbonyl (C=O) groups is 1. The van der Waals surface area contributed by atoms with Crippen molar-refractivity contribution in [2.75, 3.05) is 11.1 Å². The van der Waals surface area contributed by atoms with Crippen LogP contribution in [0.4, 0.5) is 25.8 Å². The summed E-state index contributed by atoms with van der Waals surface area (Å²) in [5.74, 6) is -2.65. The number of halogens is 2. The second-order valence-electron chi connectivity index (χ2n) is 4.11. The van der Waals surface area contributed by atoms with E-state index in [1.807, 2.05) is 0 Å². The molecule has 0 radical (unpaired) electrons. The van der Waals surface area contributed by atoms with Gasteiger partial charge in [0.2, 0.25) is 0 Å². The maximum absolute atomic E-state index is 13.0. The van der Waals surface area contributed by atoms with Crippen LogP contribution in [0, 0.1) is 21.7 Å². The monoisotopic (exact) mass is 293 g/mol. The zero-order valence-corrected chi connectivity index (χ0v) is 10.5. The number of anilines is 2. The Hall–Kier alpha value is -3.03. The van der Waals surface area contributed by atoms with E-state index in [0.29, 0.717) is 6.07 Å². The second-order valence-corrected chi connectivity index (χ2v) is 4.11. The molecule has 108 valence electrons. The summed E-state index contributed by atoms with van der Waals surface area (Å²) in [6.07, 6.45) is 0. The van der Waals surface area contributed by atoms with Gasteiger partial charge in [-0.1, -0.05) is 6.07 Å². The van der Waals surface area contributed by atoms with Gasteiger partial charge in [-0.25, -0.2) is 8.78 Å². The lowest BCUT2D eigenvalue weighted by Gasteiger charge is -2.07. The zero-order valence-electron chi connectivity index (χ0n) is 10.5. The number of benzene rings is 2. The summed E-state index contributed by atoms with van der Waals surface area (Å²) in [4.78, 5) is 22.1. The molecule has 0 aromatic heterocycles. The first-order chi connectivity index (χ1) is 9.88. The van der Waals surface area contributed by atoms with Crippen LogP contribution < -0.4 is 11.1 Å². The molecule has 0 heterocycles. The first-order valence-electron chi connectivity index (χ1n) is 5.69. The Morgan fingerprint density at radius 2 is 1.81 bits per heavy atom. The van der Waals surface area contributed by atoms with Crippen LogP contribution in [-0.2, 0) is 0 Å². The highest BCUT2D eigenvalue weighted by molar-refractivity contribution is 6.08. The van der Waals surface area contributed by atoms with Gasteiger partial charge in [0.25, 0.3) is 5.91 Å². The van der Waals surface area contributed by atoms with Gasteiger partial charge < -0.3 is 11.1 Å². The molecule has 0 unspecified atom stereocenters. The van der Waals surface area contributed by atoms with Gasteiger partial charge in [0.15, 0.2) is 0 Å². The molecule has 0 spiro atoms. The second kappa shape index (κ2) is 5.53. The number of nitro groups is 1. The molecular formula is C13H9F2N3O3. The minimum Gasteiger partial charge on any atom is -0.393 e. The molecule has 0 aliphatic rings. The largest absolute Gasteiger partial charge is 0.393 e. The fraction of sp³-hybridized carbons (Fsp3) is 0. The molecule has 2 aromatic rings. The Kier molecular flexibility index (Phi) is 3.79. The zero-order chi connectivity index (χ0) is 15.6. The molecule has 8 heteroatoms. The molecule has 0 aliphatic carbocycles. The predicted molar refractivity (Wildman–Crippen MR) is 71.8 cm³/mol. The maximum atomic E-state index is 13.0. The molecule has 0 atom stereocenters. The summed E-state index contributed by atoms with van der Waals surface area (Å²) in [5.41, 5.74) is 4.26. The van der Waals surface area contributed by atoms with Gasteiger partial charge in [-0.3, -0.25) is 14.9 Å². The molecule has 6 nitrogen and oxygen atoms in total. The number of nitro benzene ring substituents is 1. The summed E-state index contributed by atoms with van der Waals surface area (Å²) in [7, 11) is 0. The topological polar surface area (TPSA) is 98.3 Å². The van der Waals surface area contributed by atoms with Crippen molar-refractivity contribution < 1.29 is 18.5 Å². The fourth-order valence-corrected chi connectivity index (χ4v) is 1.77. The lowest BCUT2D eigenvalue weighted by molar-refractivity contribution is -0.384. The minimum absolute atomic E-state index is 0.158. The Labute approximate surface area is 117 Å². The molecular weight excluding hydrogens is 284 g/mol. The molecule has 0 bridgehead atoms. The molecule has 0 fully saturated rings. The van der Waals surface area contributed by atoms with E-state index in [1.165, 1.54) is 18.2 Å². The molecule has 3 N–H and O–H groups in total. The number of nitrogen functional groups attached to an aromatic ring is 1. The Morgan fingerprint density at radius 1 is 1.19 bits per heavy atom. The van der Waals surface area contributed by atoms with Crippen LogP contribution in [0.2, 0.25) is 0 Å². The van der Waals surface area contributed by atoms with E-state index in [9.17, 15) is 23.7 Å². The number of para-hydroxylation sites is 1. The van der Waals surface area contributed by atoms with Gasteiger partial charge in [-0.05, 0) is 24.3 Å². The predicted octanol–water partition coefficient (Wildman–Crippen LogP) is 2.71. The molecule has 21 heavy (non-hydrogen) atoms. The standard InChI is InChI=1S/C13H9F2N3O3/c14-7-4-8(15)6-9(5-7)17-13(19)10-2-1-3-11(16)12(10)18(20)21/h1-6H,16H2,(H,17,19). The van der Waals surface area contributed by atoms with Gasteiger partial charge in [-0.15, -0.1) is 0 Å². The molecule has 0 aliphatic heterocycles. The molecule has 1 amide bonds. The summed E-state index contributed by atoms with van der Waals surface area (Å²) < 4.78 is 26.1. The van der Waals surface area contributed by atoms with Crippen molar-refractivity contribution in [1.29, 1.82) is 0 Å². The fourth-order valence-electron chi connectivity index (χ4n) is 1.77. The van der Waals surface area contributed by atoms with Crippen LogP contribution in [0.5, 0.6) is 0 Å². The number of hydrogen-bond donors (Lipinski definition) is 2. The van der Waals surface area contributed by atoms with E-state index < -0.39 is 28.2 Å². The van der Waals surface area contributed by atoms with Crippen molar-refractivity contribution in [3.8, 4) is 0 Å². The van der Waals surface area contributed by atoms with E-state index in [2.05, 4.69) is 5.32 Å². The highest BCUT2D eigenvalue weighted by Gasteiger charge is 2.23. The van der Waals surface area contributed by atoms with E-state index >= 15 is 0 Å². The highest BCUT2D eigenvalue weighted by Crippen LogP contribution is 2.26. The number of carbonyl (C=O) groups excluding carboxylic acids is 1. The number of nitrogens with two attached hydrogens (primary N) is 1. The first kappa shape index (κ1) is 14.4. The summed E-state index contributed by atoms with van der Waals surface area (Å²) >= 11 is 0. The number of rotatable bonds is 3. The third kappa shape index (κ3) is 3.11. The van der Waals surface area contributed by atoms with Crippen molar-refractivity contribution in [2.24, 2.45) is 0 Å². The average Bonchev–Trinajstić information content (AvgIpc) is 2.36. The van der Waals surface area contributed by atoms with E-state index in [0.717, 1.165) is 12.1 Å². The lowest BCUT2D eigenvalue weighted by atomic mass is 10.1. The third-order valence-electron chi connectivity index (χ3n) is 2.61. The Bertz CT molecular complexity index is 714. The average molecular weight is 293 g/mol. The normalized spacial score (nSPS) is 10.2. The van der Waals surface area contributed by atoms with Crippen LogP contribution in [0.15, 0.2) is 36.4 Å². The maximum Gasteiger partial charge on any atom is 0.304 e. The summed E-state index contributed by atoms with van der Waals surface area (Å²) in [5, 5.41) is 13.1. The number of amides is 1. The highest BCUT2D eigenvalue weighted by atomic mass is 19.1. The van der Waals surface area contributed by atoms with E-state index in [1.54, 1.807) is 0 Å². The summed E-state index contributed by atoms with van der Waals surface area (Å²) in [6, 6.07) is 6.25. The lowest BCUT2D eigenvalue weighted by Crippen LogP contribution is -2.15. The van der Waals surface area contributed by atoms with E-state index in [4.69, 9.17) is 5.73 Å². The van der Waals surface area contributed by atoms with Crippen molar-refractivity contribution >= 4 is 23.0 Å². The number of nitrogens with zero attached hydrogens (tertiary/aromatic N) is 1. The van der Waals surface area contributed by atoms with Gasteiger partial charge in [0.1, 0.15) is 22.9 Å². The van der Waals surface area contributed by atoms with Crippen LogP contribution >= 0.6 is 0 Å². The third-order valence-corrected chi connectivity index (χ3v) is 2.61. The van der Waals surface area contributed by atoms with Gasteiger partial charge in [0.05, 0.1) is 4.92 Å². The van der Waals surface area contributed by atoms with E-state index in [-0.39, 0.29) is 16.9 Å². The van der Waals surface area contributed by atoms with Crippen LogP contribution in [0.3, 0.4) is 0 Å². The van der Waals surface area contributed by atoms with Crippen molar-refractivity contribution in [2.45, 2.75) is 0 Å². The molecule has 2 aromatic carbocycles. The first-order valence-corrected chi connectivity index (χ1v) is 5.69. The van der Waals surface area contributed by atoms with Crippen LogP contribution in [0.25, 0.3) is 0 Å². The van der Waals surface area contributed by atoms with Crippen molar-refractivity contribution in [3.05, 3.63) is 63.7 Å². The molecule has 2 rings (SSSR count). The molecule has 0 saturated heterocycles. The van der Waals surface area contributed by atoms with Gasteiger partial charge >= 0.3 is 5.69 Å². The quantitative estimate of drug-likeness (QED) is 0.516. The van der Waals surface area contributed by atoms with Gasteiger partial charge in [0, 0.05) is 11.8 Å². The van der Waals surface area contributed by atoms with Crippen molar-refractivity contribution in [3.63, 3.8) is 0 Å². The summed E-state index contributed by atoms with van der Waals surface area (Å²) in [6.45, 7) is 0. The van der Waals surface area contributed by atoms with Crippen molar-refractivity contribution in [1.82, 2.24) is 0 Å². The number of hydrogen-bond acceptors (Lipinski definition) is 4. The Morgan fingerprint density at radius 3 is 2.38 bits per heavy atom. The molecule has 0 saturated carbocycles. The SMILES string of the molecule is Nc1cccc(C(=O)Nc2cc(F)cc(F)c2)c1[N+](=O)[O-].